The van der Waals surface area contributed by atoms with Gasteiger partial charge in [0.25, 0.3) is 10.0 Å². The highest BCUT2D eigenvalue weighted by Gasteiger charge is 2.32. The SMILES string of the molecule is O=C(O)c1cccnc1C(=O)c1c(Br)c2ccccc2n1S(=O)(=O)c1ccccc1. The number of benzene rings is 2. The van der Waals surface area contributed by atoms with E-state index in [1.54, 1.807) is 42.5 Å². The van der Waals surface area contributed by atoms with Crippen molar-refractivity contribution in [3.63, 3.8) is 0 Å². The average molecular weight is 485 g/mol. The van der Waals surface area contributed by atoms with Crippen LogP contribution in [-0.2, 0) is 10.0 Å². The predicted octanol–water partition coefficient (Wildman–Crippen LogP) is 3.97. The summed E-state index contributed by atoms with van der Waals surface area (Å²) in [6.45, 7) is 0. The van der Waals surface area contributed by atoms with Crippen LogP contribution in [0.4, 0.5) is 0 Å². The molecule has 4 aromatic rings. The number of para-hydroxylation sites is 1. The van der Waals surface area contributed by atoms with Crippen molar-refractivity contribution in [3.8, 4) is 0 Å². The number of nitrogens with zero attached hydrogens (tertiary/aromatic N) is 2. The summed E-state index contributed by atoms with van der Waals surface area (Å²) in [5, 5.41) is 9.94. The Hall–Kier alpha value is -3.30. The fourth-order valence-electron chi connectivity index (χ4n) is 3.18. The minimum absolute atomic E-state index is 0.00761. The molecule has 0 atom stereocenters. The van der Waals surface area contributed by atoms with Crippen LogP contribution >= 0.6 is 15.9 Å². The number of aromatic nitrogens is 2. The third-order valence-electron chi connectivity index (χ3n) is 4.52. The molecular weight excluding hydrogens is 472 g/mol. The highest BCUT2D eigenvalue weighted by Crippen LogP contribution is 2.35. The van der Waals surface area contributed by atoms with Gasteiger partial charge in [0.05, 0.1) is 20.4 Å². The van der Waals surface area contributed by atoms with E-state index >= 15 is 0 Å². The van der Waals surface area contributed by atoms with E-state index in [1.165, 1.54) is 30.5 Å². The van der Waals surface area contributed by atoms with Gasteiger partial charge < -0.3 is 5.11 Å². The average Bonchev–Trinajstić information content (AvgIpc) is 3.07. The molecule has 9 heteroatoms. The van der Waals surface area contributed by atoms with Gasteiger partial charge in [-0.2, -0.15) is 0 Å². The zero-order chi connectivity index (χ0) is 21.5. The lowest BCUT2D eigenvalue weighted by Crippen LogP contribution is -2.21. The van der Waals surface area contributed by atoms with E-state index in [9.17, 15) is 23.1 Å². The molecule has 0 aliphatic rings. The molecule has 0 spiro atoms. The van der Waals surface area contributed by atoms with Crippen LogP contribution in [0.15, 0.2) is 82.3 Å². The van der Waals surface area contributed by atoms with Crippen molar-refractivity contribution in [1.82, 2.24) is 8.96 Å². The smallest absolute Gasteiger partial charge is 0.338 e. The van der Waals surface area contributed by atoms with Crippen molar-refractivity contribution < 1.29 is 23.1 Å². The van der Waals surface area contributed by atoms with Crippen LogP contribution < -0.4 is 0 Å². The molecule has 0 aliphatic heterocycles. The van der Waals surface area contributed by atoms with Gasteiger partial charge in [-0.15, -0.1) is 0 Å². The summed E-state index contributed by atoms with van der Waals surface area (Å²) in [7, 11) is -4.17. The first kappa shape index (κ1) is 20.0. The summed E-state index contributed by atoms with van der Waals surface area (Å²) in [4.78, 5) is 28.9. The van der Waals surface area contributed by atoms with Crippen LogP contribution in [0.1, 0.15) is 26.5 Å². The Balaban J connectivity index is 2.08. The minimum atomic E-state index is -4.17. The Bertz CT molecular complexity index is 1410. The number of hydrogen-bond acceptors (Lipinski definition) is 5. The van der Waals surface area contributed by atoms with Crippen LogP contribution in [0.25, 0.3) is 10.9 Å². The Kier molecular flexibility index (Phi) is 5.00. The molecule has 0 aliphatic carbocycles. The van der Waals surface area contributed by atoms with E-state index in [1.807, 2.05) is 0 Å². The van der Waals surface area contributed by atoms with Crippen molar-refractivity contribution in [3.05, 3.63) is 94.4 Å². The second-order valence-electron chi connectivity index (χ2n) is 6.30. The standard InChI is InChI=1S/C21H13BrN2O5S/c22-17-14-9-4-5-11-16(14)24(30(28,29)13-7-2-1-3-8-13)19(17)20(25)18-15(21(26)27)10-6-12-23-18/h1-12H,(H,26,27). The van der Waals surface area contributed by atoms with Crippen molar-refractivity contribution in [2.24, 2.45) is 0 Å². The van der Waals surface area contributed by atoms with E-state index in [0.29, 0.717) is 5.39 Å². The van der Waals surface area contributed by atoms with Gasteiger partial charge in [0.2, 0.25) is 5.78 Å². The van der Waals surface area contributed by atoms with Gasteiger partial charge in [-0.3, -0.25) is 9.78 Å². The summed E-state index contributed by atoms with van der Waals surface area (Å²) in [5.41, 5.74) is -0.605. The normalized spacial score (nSPS) is 11.5. The van der Waals surface area contributed by atoms with E-state index in [-0.39, 0.29) is 31.8 Å². The number of ketones is 1. The number of fused-ring (bicyclic) bond motifs is 1. The van der Waals surface area contributed by atoms with Crippen LogP contribution in [0.2, 0.25) is 0 Å². The molecule has 7 nitrogen and oxygen atoms in total. The minimum Gasteiger partial charge on any atom is -0.478 e. The summed E-state index contributed by atoms with van der Waals surface area (Å²) < 4.78 is 28.2. The summed E-state index contributed by atoms with van der Waals surface area (Å²) in [6, 6.07) is 17.0. The lowest BCUT2D eigenvalue weighted by atomic mass is 10.1. The van der Waals surface area contributed by atoms with Crippen molar-refractivity contribution >= 4 is 48.6 Å². The number of aromatic carboxylic acids is 1. The lowest BCUT2D eigenvalue weighted by Gasteiger charge is -2.12. The lowest BCUT2D eigenvalue weighted by molar-refractivity contribution is 0.0692. The topological polar surface area (TPSA) is 106 Å². The van der Waals surface area contributed by atoms with E-state index < -0.39 is 21.8 Å². The monoisotopic (exact) mass is 484 g/mol. The maximum absolute atomic E-state index is 13.5. The molecule has 0 saturated carbocycles. The van der Waals surface area contributed by atoms with Crippen molar-refractivity contribution in [2.45, 2.75) is 4.90 Å². The largest absolute Gasteiger partial charge is 0.478 e. The zero-order valence-corrected chi connectivity index (χ0v) is 17.6. The molecule has 0 fully saturated rings. The zero-order valence-electron chi connectivity index (χ0n) is 15.2. The van der Waals surface area contributed by atoms with Gasteiger partial charge in [0.15, 0.2) is 0 Å². The predicted molar refractivity (Wildman–Crippen MR) is 113 cm³/mol. The molecule has 0 radical (unpaired) electrons. The van der Waals surface area contributed by atoms with E-state index in [2.05, 4.69) is 20.9 Å². The molecule has 150 valence electrons. The summed E-state index contributed by atoms with van der Waals surface area (Å²) in [5.74, 6) is -2.16. The molecular formula is C21H13BrN2O5S. The third kappa shape index (κ3) is 3.12. The van der Waals surface area contributed by atoms with Gasteiger partial charge in [0.1, 0.15) is 11.4 Å². The van der Waals surface area contributed by atoms with Gasteiger partial charge in [0, 0.05) is 11.6 Å². The van der Waals surface area contributed by atoms with Crippen molar-refractivity contribution in [2.75, 3.05) is 0 Å². The Morgan fingerprint density at radius 2 is 1.60 bits per heavy atom. The number of rotatable bonds is 5. The Morgan fingerprint density at radius 1 is 0.933 bits per heavy atom. The van der Waals surface area contributed by atoms with Gasteiger partial charge >= 0.3 is 5.97 Å². The number of pyridine rings is 1. The first-order valence-electron chi connectivity index (χ1n) is 8.66. The molecule has 0 saturated heterocycles. The molecule has 30 heavy (non-hydrogen) atoms. The molecule has 2 aromatic heterocycles. The van der Waals surface area contributed by atoms with Gasteiger partial charge in [-0.25, -0.2) is 17.2 Å². The van der Waals surface area contributed by atoms with Crippen LogP contribution in [0.5, 0.6) is 0 Å². The van der Waals surface area contributed by atoms with E-state index in [0.717, 1.165) is 3.97 Å². The van der Waals surface area contributed by atoms with Crippen LogP contribution in [-0.4, -0.2) is 34.2 Å². The fourth-order valence-corrected chi connectivity index (χ4v) is 5.54. The van der Waals surface area contributed by atoms with Gasteiger partial charge in [-0.05, 0) is 46.3 Å². The second-order valence-corrected chi connectivity index (χ2v) is 8.88. The molecule has 1 N–H and O–H groups in total. The Morgan fingerprint density at radius 3 is 2.30 bits per heavy atom. The van der Waals surface area contributed by atoms with Crippen LogP contribution in [0, 0.1) is 0 Å². The molecule has 2 heterocycles. The molecule has 0 bridgehead atoms. The number of carboxylic acids is 1. The van der Waals surface area contributed by atoms with Crippen molar-refractivity contribution in [1.29, 1.82) is 0 Å². The molecule has 4 rings (SSSR count). The fraction of sp³-hybridized carbons (Fsp3) is 0. The molecule has 2 aromatic carbocycles. The maximum Gasteiger partial charge on any atom is 0.338 e. The number of halogens is 1. The summed E-state index contributed by atoms with van der Waals surface area (Å²) in [6.07, 6.45) is 1.28. The summed E-state index contributed by atoms with van der Waals surface area (Å²) >= 11 is 3.35. The molecule has 0 unspecified atom stereocenters. The highest BCUT2D eigenvalue weighted by atomic mass is 79.9. The quantitative estimate of drug-likeness (QED) is 0.429. The third-order valence-corrected chi connectivity index (χ3v) is 7.05. The second kappa shape index (κ2) is 7.51. The number of hydrogen-bond donors (Lipinski definition) is 1. The molecule has 0 amide bonds. The van der Waals surface area contributed by atoms with Gasteiger partial charge in [-0.1, -0.05) is 36.4 Å². The van der Waals surface area contributed by atoms with Crippen LogP contribution in [0.3, 0.4) is 0 Å². The number of carboxylic acid groups (broad SMARTS) is 1. The maximum atomic E-state index is 13.5. The highest BCUT2D eigenvalue weighted by molar-refractivity contribution is 9.10. The first-order valence-corrected chi connectivity index (χ1v) is 10.9. The van der Waals surface area contributed by atoms with E-state index in [4.69, 9.17) is 0 Å². The number of carbonyl (C=O) groups is 2. The number of carbonyl (C=O) groups excluding carboxylic acids is 1. The Labute approximate surface area is 179 Å². The first-order chi connectivity index (χ1) is 14.3.